The van der Waals surface area contributed by atoms with Crippen molar-refractivity contribution in [2.24, 2.45) is 5.73 Å². The number of carbonyl (C=O) groups is 2. The molecular weight excluding hydrogens is 212 g/mol. The molecule has 0 heterocycles. The van der Waals surface area contributed by atoms with Gasteiger partial charge in [0, 0.05) is 6.04 Å². The third-order valence-electron chi connectivity index (χ3n) is 2.33. The van der Waals surface area contributed by atoms with Crippen molar-refractivity contribution < 1.29 is 19.1 Å². The highest BCUT2D eigenvalue weighted by Gasteiger charge is 2.20. The lowest BCUT2D eigenvalue weighted by Crippen LogP contribution is -2.42. The average molecular weight is 232 g/mol. The van der Waals surface area contributed by atoms with Crippen LogP contribution in [0, 0.1) is 0 Å². The summed E-state index contributed by atoms with van der Waals surface area (Å²) < 4.78 is 9.12. The van der Waals surface area contributed by atoms with Gasteiger partial charge in [-0.05, 0) is 19.9 Å². The van der Waals surface area contributed by atoms with E-state index < -0.39 is 0 Å². The molecule has 0 amide bonds. The van der Waals surface area contributed by atoms with Crippen LogP contribution in [0.4, 0.5) is 0 Å². The first kappa shape index (κ1) is 14.9. The van der Waals surface area contributed by atoms with Gasteiger partial charge in [-0.2, -0.15) is 0 Å². The minimum absolute atomic E-state index is 0.0307. The van der Waals surface area contributed by atoms with E-state index in [4.69, 9.17) is 5.73 Å². The van der Waals surface area contributed by atoms with Gasteiger partial charge in [-0.1, -0.05) is 0 Å². The Hall–Kier alpha value is -1.14. The fraction of sp³-hybridized carbons (Fsp3) is 0.800. The Morgan fingerprint density at radius 1 is 1.19 bits per heavy atom. The van der Waals surface area contributed by atoms with Gasteiger partial charge in [0.15, 0.2) is 0 Å². The summed E-state index contributed by atoms with van der Waals surface area (Å²) in [6.45, 7) is 2.53. The van der Waals surface area contributed by atoms with Gasteiger partial charge in [-0.15, -0.1) is 0 Å². The third kappa shape index (κ3) is 5.67. The summed E-state index contributed by atoms with van der Waals surface area (Å²) in [6, 6.07) is 0.0307. The summed E-state index contributed by atoms with van der Waals surface area (Å²) in [5.41, 5.74) is 5.43. The van der Waals surface area contributed by atoms with Crippen molar-refractivity contribution in [3.8, 4) is 0 Å². The summed E-state index contributed by atoms with van der Waals surface area (Å²) >= 11 is 0. The smallest absolute Gasteiger partial charge is 0.319 e. The van der Waals surface area contributed by atoms with Crippen LogP contribution in [0.15, 0.2) is 0 Å². The summed E-state index contributed by atoms with van der Waals surface area (Å²) in [6.07, 6.45) is 0.702. The highest BCUT2D eigenvalue weighted by Crippen LogP contribution is 2.03. The molecule has 0 saturated heterocycles. The van der Waals surface area contributed by atoms with Crippen LogP contribution in [0.1, 0.15) is 13.3 Å². The van der Waals surface area contributed by atoms with Crippen LogP contribution in [0.2, 0.25) is 0 Å². The molecule has 0 radical (unpaired) electrons. The van der Waals surface area contributed by atoms with Gasteiger partial charge in [-0.25, -0.2) is 0 Å². The standard InChI is InChI=1S/C10H20N2O4/c1-8(4-5-11)12(6-9(13)15-2)7-10(14)16-3/h8H,4-7,11H2,1-3H3. The molecule has 2 N–H and O–H groups in total. The number of nitrogens with zero attached hydrogens (tertiary/aromatic N) is 1. The lowest BCUT2D eigenvalue weighted by atomic mass is 10.2. The molecule has 0 aromatic rings. The quantitative estimate of drug-likeness (QED) is 0.589. The number of nitrogens with two attached hydrogens (primary N) is 1. The molecule has 6 heteroatoms. The Morgan fingerprint density at radius 3 is 1.94 bits per heavy atom. The Morgan fingerprint density at radius 2 is 1.62 bits per heavy atom. The molecule has 0 fully saturated rings. The molecule has 1 unspecified atom stereocenters. The lowest BCUT2D eigenvalue weighted by Gasteiger charge is -2.26. The molecule has 0 aromatic carbocycles. The molecule has 0 aliphatic rings. The summed E-state index contributed by atoms with van der Waals surface area (Å²) in [5, 5.41) is 0. The zero-order chi connectivity index (χ0) is 12.6. The van der Waals surface area contributed by atoms with Crippen molar-refractivity contribution in [3.05, 3.63) is 0 Å². The first-order chi connectivity index (χ1) is 7.54. The topological polar surface area (TPSA) is 81.9 Å². The van der Waals surface area contributed by atoms with Crippen LogP contribution < -0.4 is 5.73 Å². The number of carbonyl (C=O) groups excluding carboxylic acids is 2. The van der Waals surface area contributed by atoms with Gasteiger partial charge in [0.1, 0.15) is 0 Å². The predicted molar refractivity (Wildman–Crippen MR) is 58.7 cm³/mol. The minimum Gasteiger partial charge on any atom is -0.468 e. The van der Waals surface area contributed by atoms with Crippen LogP contribution in [0.5, 0.6) is 0 Å². The zero-order valence-corrected chi connectivity index (χ0v) is 10.1. The summed E-state index contributed by atoms with van der Waals surface area (Å²) in [4.78, 5) is 24.0. The highest BCUT2D eigenvalue weighted by molar-refractivity contribution is 5.74. The van der Waals surface area contributed by atoms with E-state index in [1.807, 2.05) is 6.92 Å². The fourth-order valence-corrected chi connectivity index (χ4v) is 1.25. The monoisotopic (exact) mass is 232 g/mol. The molecule has 0 spiro atoms. The van der Waals surface area contributed by atoms with E-state index in [1.54, 1.807) is 4.90 Å². The summed E-state index contributed by atoms with van der Waals surface area (Å²) in [5.74, 6) is -0.763. The van der Waals surface area contributed by atoms with Crippen molar-refractivity contribution >= 4 is 11.9 Å². The van der Waals surface area contributed by atoms with Gasteiger partial charge in [0.05, 0.1) is 27.3 Å². The predicted octanol–water partition coefficient (Wildman–Crippen LogP) is -0.628. The second-order valence-electron chi connectivity index (χ2n) is 3.48. The first-order valence-electron chi connectivity index (χ1n) is 5.12. The van der Waals surface area contributed by atoms with Crippen molar-refractivity contribution in [2.75, 3.05) is 33.9 Å². The minimum atomic E-state index is -0.382. The maximum Gasteiger partial charge on any atom is 0.319 e. The number of esters is 2. The van der Waals surface area contributed by atoms with E-state index in [0.29, 0.717) is 13.0 Å². The van der Waals surface area contributed by atoms with Crippen LogP contribution in [-0.4, -0.2) is 56.7 Å². The molecule has 94 valence electrons. The van der Waals surface area contributed by atoms with E-state index in [2.05, 4.69) is 9.47 Å². The fourth-order valence-electron chi connectivity index (χ4n) is 1.25. The Bertz CT molecular complexity index is 215. The number of ether oxygens (including phenoxy) is 2. The van der Waals surface area contributed by atoms with Gasteiger partial charge in [0.2, 0.25) is 0 Å². The number of rotatable bonds is 7. The highest BCUT2D eigenvalue weighted by atomic mass is 16.5. The Labute approximate surface area is 95.7 Å². The van der Waals surface area contributed by atoms with Gasteiger partial charge < -0.3 is 15.2 Å². The van der Waals surface area contributed by atoms with E-state index in [-0.39, 0.29) is 31.1 Å². The molecule has 16 heavy (non-hydrogen) atoms. The number of methoxy groups -OCH3 is 2. The first-order valence-corrected chi connectivity index (χ1v) is 5.12. The zero-order valence-electron chi connectivity index (χ0n) is 10.1. The van der Waals surface area contributed by atoms with Crippen molar-refractivity contribution in [3.63, 3.8) is 0 Å². The van der Waals surface area contributed by atoms with E-state index in [9.17, 15) is 9.59 Å². The molecule has 0 saturated carbocycles. The summed E-state index contributed by atoms with van der Waals surface area (Å²) in [7, 11) is 2.62. The lowest BCUT2D eigenvalue weighted by molar-refractivity contribution is -0.146. The number of hydrogen-bond donors (Lipinski definition) is 1. The van der Waals surface area contributed by atoms with Crippen molar-refractivity contribution in [1.29, 1.82) is 0 Å². The Balaban J connectivity index is 4.36. The van der Waals surface area contributed by atoms with E-state index in [1.165, 1.54) is 14.2 Å². The Kier molecular flexibility index (Phi) is 7.49. The average Bonchev–Trinajstić information content (AvgIpc) is 2.27. The molecule has 0 aromatic heterocycles. The van der Waals surface area contributed by atoms with E-state index >= 15 is 0 Å². The number of hydrogen-bond acceptors (Lipinski definition) is 6. The molecule has 0 bridgehead atoms. The SMILES string of the molecule is COC(=O)CN(CC(=O)OC)C(C)CCN. The van der Waals surface area contributed by atoms with Gasteiger partial charge in [0.25, 0.3) is 0 Å². The molecule has 1 atom stereocenters. The van der Waals surface area contributed by atoms with Crippen molar-refractivity contribution in [2.45, 2.75) is 19.4 Å². The molecular formula is C10H20N2O4. The maximum atomic E-state index is 11.2. The molecule has 0 aliphatic carbocycles. The van der Waals surface area contributed by atoms with E-state index in [0.717, 1.165) is 0 Å². The third-order valence-corrected chi connectivity index (χ3v) is 2.33. The molecule has 0 rings (SSSR count). The van der Waals surface area contributed by atoms with Crippen molar-refractivity contribution in [1.82, 2.24) is 4.90 Å². The second-order valence-corrected chi connectivity index (χ2v) is 3.48. The van der Waals surface area contributed by atoms with Gasteiger partial charge in [-0.3, -0.25) is 14.5 Å². The largest absolute Gasteiger partial charge is 0.468 e. The van der Waals surface area contributed by atoms with Crippen LogP contribution >= 0.6 is 0 Å². The van der Waals surface area contributed by atoms with Crippen LogP contribution in [0.25, 0.3) is 0 Å². The second kappa shape index (κ2) is 8.06. The maximum absolute atomic E-state index is 11.2. The normalized spacial score (nSPS) is 12.3. The van der Waals surface area contributed by atoms with Crippen LogP contribution in [0.3, 0.4) is 0 Å². The molecule has 0 aliphatic heterocycles. The molecule has 6 nitrogen and oxygen atoms in total. The van der Waals surface area contributed by atoms with Crippen LogP contribution in [-0.2, 0) is 19.1 Å². The van der Waals surface area contributed by atoms with Gasteiger partial charge >= 0.3 is 11.9 Å².